The fraction of sp³-hybridized carbons (Fsp3) is 0.200. The second kappa shape index (κ2) is 11.5. The number of esters is 2. The molecule has 0 amide bonds. The molecule has 4 rings (SSSR count). The van der Waals surface area contributed by atoms with Crippen molar-refractivity contribution in [2.75, 3.05) is 7.11 Å². The van der Waals surface area contributed by atoms with Crippen LogP contribution in [0.5, 0.6) is 11.5 Å². The number of rotatable bonds is 8. The molecule has 0 fully saturated rings. The number of dihydropyridines is 1. The van der Waals surface area contributed by atoms with Crippen LogP contribution in [0.1, 0.15) is 36.5 Å². The van der Waals surface area contributed by atoms with E-state index in [2.05, 4.69) is 5.32 Å². The second-order valence-electron chi connectivity index (χ2n) is 8.69. The van der Waals surface area contributed by atoms with E-state index in [-0.39, 0.29) is 35.9 Å². The van der Waals surface area contributed by atoms with Gasteiger partial charge in [0.2, 0.25) is 0 Å². The molecule has 0 saturated carbocycles. The Hall–Kier alpha value is -4.52. The van der Waals surface area contributed by atoms with E-state index in [4.69, 9.17) is 14.2 Å². The third-order valence-electron chi connectivity index (χ3n) is 6.16. The quantitative estimate of drug-likeness (QED) is 0.415. The molecule has 190 valence electrons. The van der Waals surface area contributed by atoms with Crippen molar-refractivity contribution < 1.29 is 28.9 Å². The topological polar surface area (TPSA) is 94.1 Å². The summed E-state index contributed by atoms with van der Waals surface area (Å²) in [5.74, 6) is -1.76. The summed E-state index contributed by atoms with van der Waals surface area (Å²) in [6.45, 7) is 3.69. The molecule has 37 heavy (non-hydrogen) atoms. The number of nitrogens with one attached hydrogen (secondary N) is 1. The van der Waals surface area contributed by atoms with Crippen molar-refractivity contribution in [2.45, 2.75) is 33.0 Å². The summed E-state index contributed by atoms with van der Waals surface area (Å²) in [4.78, 5) is 26.9. The number of phenols is 1. The van der Waals surface area contributed by atoms with E-state index >= 15 is 0 Å². The molecule has 7 nitrogen and oxygen atoms in total. The van der Waals surface area contributed by atoms with E-state index in [9.17, 15) is 14.7 Å². The van der Waals surface area contributed by atoms with Crippen molar-refractivity contribution in [2.24, 2.45) is 0 Å². The maximum Gasteiger partial charge on any atom is 0.337 e. The summed E-state index contributed by atoms with van der Waals surface area (Å²) >= 11 is 0. The first-order valence-electron chi connectivity index (χ1n) is 11.9. The van der Waals surface area contributed by atoms with Crippen molar-refractivity contribution in [3.05, 3.63) is 118 Å². The predicted molar refractivity (Wildman–Crippen MR) is 138 cm³/mol. The van der Waals surface area contributed by atoms with E-state index in [0.29, 0.717) is 17.0 Å². The van der Waals surface area contributed by atoms with Gasteiger partial charge in [-0.2, -0.15) is 0 Å². The molecule has 0 aromatic heterocycles. The monoisotopic (exact) mass is 499 g/mol. The van der Waals surface area contributed by atoms with Gasteiger partial charge in [-0.05, 0) is 42.7 Å². The minimum atomic E-state index is -0.803. The molecule has 1 heterocycles. The van der Waals surface area contributed by atoms with Crippen LogP contribution in [0.15, 0.2) is 101 Å². The van der Waals surface area contributed by atoms with Crippen molar-refractivity contribution in [1.29, 1.82) is 0 Å². The fourth-order valence-electron chi connectivity index (χ4n) is 4.34. The normalized spacial score (nSPS) is 13.7. The van der Waals surface area contributed by atoms with Crippen LogP contribution in [-0.4, -0.2) is 24.2 Å². The van der Waals surface area contributed by atoms with Gasteiger partial charge in [-0.25, -0.2) is 9.59 Å². The van der Waals surface area contributed by atoms with Crippen LogP contribution in [0.2, 0.25) is 0 Å². The average Bonchev–Trinajstić information content (AvgIpc) is 2.91. The third kappa shape index (κ3) is 5.83. The lowest BCUT2D eigenvalue weighted by atomic mass is 9.80. The summed E-state index contributed by atoms with van der Waals surface area (Å²) in [6.07, 6.45) is 0. The van der Waals surface area contributed by atoms with E-state index in [1.165, 1.54) is 13.2 Å². The molecule has 3 aromatic carbocycles. The second-order valence-corrected chi connectivity index (χ2v) is 8.69. The number of hydrogen-bond acceptors (Lipinski definition) is 7. The molecule has 3 aromatic rings. The lowest BCUT2D eigenvalue weighted by molar-refractivity contribution is -0.141. The first-order chi connectivity index (χ1) is 17.9. The number of allylic oxidation sites excluding steroid dienone is 2. The van der Waals surface area contributed by atoms with Crippen molar-refractivity contribution in [3.63, 3.8) is 0 Å². The molecule has 0 atom stereocenters. The number of benzene rings is 3. The van der Waals surface area contributed by atoms with Gasteiger partial charge in [0.15, 0.2) is 11.5 Å². The highest BCUT2D eigenvalue weighted by Crippen LogP contribution is 2.42. The highest BCUT2D eigenvalue weighted by molar-refractivity contribution is 6.00. The number of methoxy groups -OCH3 is 1. The summed E-state index contributed by atoms with van der Waals surface area (Å²) < 4.78 is 16.6. The standard InChI is InChI=1S/C30H29NO6/c1-19-26(29(33)36-17-21-10-6-4-7-11-21)28(23-14-15-24(32)25(16-23)35-3)27(20(2)31-19)30(34)37-18-22-12-8-5-9-13-22/h4-16,28,31-32H,17-18H2,1-3H3. The van der Waals surface area contributed by atoms with E-state index in [1.807, 2.05) is 60.7 Å². The van der Waals surface area contributed by atoms with Crippen LogP contribution in [0, 0.1) is 0 Å². The largest absolute Gasteiger partial charge is 0.504 e. The SMILES string of the molecule is COc1cc(C2C(C(=O)OCc3ccccc3)=C(C)NC(C)=C2C(=O)OCc2ccccc2)ccc1O. The average molecular weight is 500 g/mol. The highest BCUT2D eigenvalue weighted by Gasteiger charge is 2.38. The Kier molecular flexibility index (Phi) is 7.93. The van der Waals surface area contributed by atoms with E-state index < -0.39 is 17.9 Å². The van der Waals surface area contributed by atoms with Crippen molar-refractivity contribution >= 4 is 11.9 Å². The molecule has 0 bridgehead atoms. The Morgan fingerprint density at radius 2 is 1.27 bits per heavy atom. The molecular weight excluding hydrogens is 470 g/mol. The minimum Gasteiger partial charge on any atom is -0.504 e. The Morgan fingerprint density at radius 1 is 0.784 bits per heavy atom. The van der Waals surface area contributed by atoms with Gasteiger partial charge in [0.25, 0.3) is 0 Å². The summed E-state index contributed by atoms with van der Waals surface area (Å²) in [5.41, 5.74) is 3.94. The summed E-state index contributed by atoms with van der Waals surface area (Å²) in [6, 6.07) is 23.5. The van der Waals surface area contributed by atoms with Gasteiger partial charge in [-0.1, -0.05) is 66.7 Å². The number of hydrogen-bond donors (Lipinski definition) is 2. The number of phenolic OH excluding ortho intramolecular Hbond substituents is 1. The van der Waals surface area contributed by atoms with Crippen LogP contribution in [0.3, 0.4) is 0 Å². The van der Waals surface area contributed by atoms with E-state index in [1.54, 1.807) is 26.0 Å². The first-order valence-corrected chi connectivity index (χ1v) is 11.9. The maximum absolute atomic E-state index is 13.5. The van der Waals surface area contributed by atoms with Crippen molar-refractivity contribution in [1.82, 2.24) is 5.32 Å². The Balaban J connectivity index is 1.70. The fourth-order valence-corrected chi connectivity index (χ4v) is 4.34. The van der Waals surface area contributed by atoms with Crippen molar-refractivity contribution in [3.8, 4) is 11.5 Å². The van der Waals surface area contributed by atoms with Crippen LogP contribution < -0.4 is 10.1 Å². The molecule has 2 N–H and O–H groups in total. The third-order valence-corrected chi connectivity index (χ3v) is 6.16. The minimum absolute atomic E-state index is 0.0528. The molecule has 1 aliphatic heterocycles. The maximum atomic E-state index is 13.5. The van der Waals surface area contributed by atoms with Crippen LogP contribution in [0.4, 0.5) is 0 Å². The molecule has 1 aliphatic rings. The summed E-state index contributed by atoms with van der Waals surface area (Å²) in [5, 5.41) is 13.3. The Labute approximate surface area is 216 Å². The number of aromatic hydroxyl groups is 1. The smallest absolute Gasteiger partial charge is 0.337 e. The van der Waals surface area contributed by atoms with Gasteiger partial charge in [0, 0.05) is 11.4 Å². The van der Waals surface area contributed by atoms with E-state index in [0.717, 1.165) is 11.1 Å². The van der Waals surface area contributed by atoms with Gasteiger partial charge in [-0.3, -0.25) is 0 Å². The molecule has 0 unspecified atom stereocenters. The van der Waals surface area contributed by atoms with Gasteiger partial charge in [0.05, 0.1) is 24.2 Å². The van der Waals surface area contributed by atoms with Crippen LogP contribution in [-0.2, 0) is 32.3 Å². The Bertz CT molecular complexity index is 1270. The van der Waals surface area contributed by atoms with Crippen LogP contribution >= 0.6 is 0 Å². The van der Waals surface area contributed by atoms with Gasteiger partial charge in [-0.15, -0.1) is 0 Å². The molecular formula is C30H29NO6. The lowest BCUT2D eigenvalue weighted by Crippen LogP contribution is -2.32. The predicted octanol–water partition coefficient (Wildman–Crippen LogP) is 5.12. The summed E-state index contributed by atoms with van der Waals surface area (Å²) in [7, 11) is 1.44. The molecule has 0 saturated heterocycles. The zero-order valence-corrected chi connectivity index (χ0v) is 21.0. The number of carbonyl (C=O) groups is 2. The van der Waals surface area contributed by atoms with Gasteiger partial charge < -0.3 is 24.6 Å². The molecule has 7 heteroatoms. The van der Waals surface area contributed by atoms with Gasteiger partial charge >= 0.3 is 11.9 Å². The zero-order chi connectivity index (χ0) is 26.4. The molecule has 0 spiro atoms. The lowest BCUT2D eigenvalue weighted by Gasteiger charge is -2.30. The highest BCUT2D eigenvalue weighted by atomic mass is 16.5. The first kappa shape index (κ1) is 25.6. The zero-order valence-electron chi connectivity index (χ0n) is 21.0. The Morgan fingerprint density at radius 3 is 1.73 bits per heavy atom. The molecule has 0 radical (unpaired) electrons. The van der Waals surface area contributed by atoms with Gasteiger partial charge in [0.1, 0.15) is 13.2 Å². The number of carbonyl (C=O) groups excluding carboxylic acids is 2. The van der Waals surface area contributed by atoms with Crippen LogP contribution in [0.25, 0.3) is 0 Å². The number of ether oxygens (including phenoxy) is 3. The molecule has 0 aliphatic carbocycles.